The number of rotatable bonds is 8. The van der Waals surface area contributed by atoms with Crippen molar-refractivity contribution < 1.29 is 5.11 Å². The van der Waals surface area contributed by atoms with E-state index in [1.807, 2.05) is 7.05 Å². The van der Waals surface area contributed by atoms with E-state index in [1.165, 1.54) is 11.3 Å². The summed E-state index contributed by atoms with van der Waals surface area (Å²) in [7, 11) is 4.10. The van der Waals surface area contributed by atoms with Crippen LogP contribution < -0.4 is 10.2 Å². The average molecular weight is 236 g/mol. The molecule has 17 heavy (non-hydrogen) atoms. The fourth-order valence-corrected chi connectivity index (χ4v) is 1.98. The van der Waals surface area contributed by atoms with Crippen LogP contribution in [0, 0.1) is 0 Å². The van der Waals surface area contributed by atoms with Gasteiger partial charge in [-0.25, -0.2) is 0 Å². The molecule has 0 fully saturated rings. The lowest BCUT2D eigenvalue weighted by atomic mass is 10.1. The molecule has 0 aliphatic heterocycles. The number of nitrogens with one attached hydrogen (secondary N) is 1. The Kier molecular flexibility index (Phi) is 6.67. The number of benzene rings is 1. The van der Waals surface area contributed by atoms with Gasteiger partial charge in [-0.1, -0.05) is 18.2 Å². The van der Waals surface area contributed by atoms with Gasteiger partial charge in [0, 0.05) is 32.4 Å². The van der Waals surface area contributed by atoms with Gasteiger partial charge < -0.3 is 15.3 Å². The van der Waals surface area contributed by atoms with E-state index in [-0.39, 0.29) is 0 Å². The van der Waals surface area contributed by atoms with E-state index >= 15 is 0 Å². The Morgan fingerprint density at radius 2 is 1.94 bits per heavy atom. The van der Waals surface area contributed by atoms with E-state index in [0.717, 1.165) is 32.4 Å². The van der Waals surface area contributed by atoms with Crippen LogP contribution in [-0.4, -0.2) is 32.4 Å². The molecule has 1 rings (SSSR count). The highest BCUT2D eigenvalue weighted by Crippen LogP contribution is 2.19. The minimum Gasteiger partial charge on any atom is -0.396 e. The van der Waals surface area contributed by atoms with Crippen LogP contribution in [0.15, 0.2) is 24.3 Å². The highest BCUT2D eigenvalue weighted by atomic mass is 16.2. The smallest absolute Gasteiger partial charge is 0.0431 e. The zero-order chi connectivity index (χ0) is 12.5. The van der Waals surface area contributed by atoms with Crippen LogP contribution in [-0.2, 0) is 6.54 Å². The van der Waals surface area contributed by atoms with Gasteiger partial charge >= 0.3 is 0 Å². The number of para-hydroxylation sites is 1. The van der Waals surface area contributed by atoms with Crippen molar-refractivity contribution in [3.63, 3.8) is 0 Å². The van der Waals surface area contributed by atoms with Gasteiger partial charge in [0.15, 0.2) is 0 Å². The number of hydrogen-bond donors (Lipinski definition) is 2. The second-order valence-electron chi connectivity index (χ2n) is 4.36. The fourth-order valence-electron chi connectivity index (χ4n) is 1.98. The van der Waals surface area contributed by atoms with E-state index in [2.05, 4.69) is 41.5 Å². The summed E-state index contributed by atoms with van der Waals surface area (Å²) in [6, 6.07) is 8.49. The summed E-state index contributed by atoms with van der Waals surface area (Å²) >= 11 is 0. The van der Waals surface area contributed by atoms with Crippen molar-refractivity contribution in [2.75, 3.05) is 32.1 Å². The molecule has 3 heteroatoms. The summed E-state index contributed by atoms with van der Waals surface area (Å²) in [4.78, 5) is 2.30. The Hall–Kier alpha value is -1.06. The highest BCUT2D eigenvalue weighted by molar-refractivity contribution is 5.52. The van der Waals surface area contributed by atoms with Gasteiger partial charge in [0.05, 0.1) is 0 Å². The molecule has 0 saturated carbocycles. The van der Waals surface area contributed by atoms with Gasteiger partial charge in [0.1, 0.15) is 0 Å². The van der Waals surface area contributed by atoms with Crippen molar-refractivity contribution >= 4 is 5.69 Å². The first kappa shape index (κ1) is 14.0. The molecule has 0 atom stereocenters. The molecule has 0 unspecified atom stereocenters. The molecular weight excluding hydrogens is 212 g/mol. The second-order valence-corrected chi connectivity index (χ2v) is 4.36. The van der Waals surface area contributed by atoms with Crippen molar-refractivity contribution in [2.45, 2.75) is 25.8 Å². The zero-order valence-electron chi connectivity index (χ0n) is 10.9. The third-order valence-electron chi connectivity index (χ3n) is 2.92. The lowest BCUT2D eigenvalue weighted by Gasteiger charge is -2.22. The van der Waals surface area contributed by atoms with Crippen LogP contribution in [0.4, 0.5) is 5.69 Å². The maximum absolute atomic E-state index is 8.74. The summed E-state index contributed by atoms with van der Waals surface area (Å²) < 4.78 is 0. The lowest BCUT2D eigenvalue weighted by molar-refractivity contribution is 0.283. The number of unbranched alkanes of at least 4 members (excludes halogenated alkanes) is 2. The van der Waals surface area contributed by atoms with Crippen LogP contribution in [0.5, 0.6) is 0 Å². The topological polar surface area (TPSA) is 35.5 Å². The van der Waals surface area contributed by atoms with Gasteiger partial charge in [0.2, 0.25) is 0 Å². The maximum Gasteiger partial charge on any atom is 0.0431 e. The van der Waals surface area contributed by atoms with E-state index < -0.39 is 0 Å². The van der Waals surface area contributed by atoms with Gasteiger partial charge in [-0.05, 0) is 37.9 Å². The first-order valence-corrected chi connectivity index (χ1v) is 6.34. The average Bonchev–Trinajstić information content (AvgIpc) is 2.35. The zero-order valence-corrected chi connectivity index (χ0v) is 10.9. The number of anilines is 1. The molecule has 0 amide bonds. The minimum absolute atomic E-state index is 0.306. The summed E-state index contributed by atoms with van der Waals surface area (Å²) in [6.07, 6.45) is 3.13. The number of aliphatic hydroxyl groups excluding tert-OH is 1. The second kappa shape index (κ2) is 8.09. The molecule has 0 aromatic heterocycles. The molecule has 1 aromatic carbocycles. The third kappa shape index (κ3) is 4.75. The fraction of sp³-hybridized carbons (Fsp3) is 0.571. The molecule has 0 aliphatic carbocycles. The number of aliphatic hydroxyl groups is 1. The van der Waals surface area contributed by atoms with E-state index in [1.54, 1.807) is 0 Å². The molecule has 0 aliphatic rings. The SMILES string of the molecule is CNCc1ccccc1N(C)CCCCCO. The normalized spacial score (nSPS) is 10.5. The lowest BCUT2D eigenvalue weighted by Crippen LogP contribution is -2.21. The third-order valence-corrected chi connectivity index (χ3v) is 2.92. The Bertz CT molecular complexity index is 315. The largest absolute Gasteiger partial charge is 0.396 e. The molecule has 2 N–H and O–H groups in total. The Morgan fingerprint density at radius 1 is 1.18 bits per heavy atom. The minimum atomic E-state index is 0.306. The molecule has 0 bridgehead atoms. The van der Waals surface area contributed by atoms with E-state index in [4.69, 9.17) is 5.11 Å². The van der Waals surface area contributed by atoms with Gasteiger partial charge in [-0.2, -0.15) is 0 Å². The van der Waals surface area contributed by atoms with Crippen LogP contribution in [0.25, 0.3) is 0 Å². The van der Waals surface area contributed by atoms with Crippen LogP contribution in [0.1, 0.15) is 24.8 Å². The number of hydrogen-bond acceptors (Lipinski definition) is 3. The first-order chi connectivity index (χ1) is 8.29. The summed E-state index contributed by atoms with van der Waals surface area (Å²) in [6.45, 7) is 2.25. The first-order valence-electron chi connectivity index (χ1n) is 6.34. The molecule has 1 aromatic rings. The van der Waals surface area contributed by atoms with Crippen molar-refractivity contribution in [2.24, 2.45) is 0 Å². The molecule has 0 heterocycles. The van der Waals surface area contributed by atoms with Crippen LogP contribution in [0.3, 0.4) is 0 Å². The van der Waals surface area contributed by atoms with Crippen molar-refractivity contribution in [3.05, 3.63) is 29.8 Å². The predicted molar refractivity (Wildman–Crippen MR) is 73.4 cm³/mol. The number of nitrogens with zero attached hydrogens (tertiary/aromatic N) is 1. The molecule has 0 spiro atoms. The molecule has 0 radical (unpaired) electrons. The molecule has 96 valence electrons. The summed E-state index contributed by atoms with van der Waals surface area (Å²) in [5.74, 6) is 0. The predicted octanol–water partition coefficient (Wildman–Crippen LogP) is 2.00. The Balaban J connectivity index is 2.52. The van der Waals surface area contributed by atoms with Crippen LogP contribution >= 0.6 is 0 Å². The maximum atomic E-state index is 8.74. The Labute approximate surface area is 104 Å². The van der Waals surface area contributed by atoms with Gasteiger partial charge in [-0.3, -0.25) is 0 Å². The van der Waals surface area contributed by atoms with E-state index in [0.29, 0.717) is 6.61 Å². The van der Waals surface area contributed by atoms with Crippen molar-refractivity contribution in [3.8, 4) is 0 Å². The van der Waals surface area contributed by atoms with Gasteiger partial charge in [-0.15, -0.1) is 0 Å². The summed E-state index contributed by atoms with van der Waals surface area (Å²) in [5, 5.41) is 11.9. The van der Waals surface area contributed by atoms with Gasteiger partial charge in [0.25, 0.3) is 0 Å². The molecule has 3 nitrogen and oxygen atoms in total. The summed E-state index contributed by atoms with van der Waals surface area (Å²) in [5.41, 5.74) is 2.63. The van der Waals surface area contributed by atoms with E-state index in [9.17, 15) is 0 Å². The van der Waals surface area contributed by atoms with Crippen molar-refractivity contribution in [1.82, 2.24) is 5.32 Å². The monoisotopic (exact) mass is 236 g/mol. The molecular formula is C14H24N2O. The Morgan fingerprint density at radius 3 is 2.65 bits per heavy atom. The highest BCUT2D eigenvalue weighted by Gasteiger charge is 2.05. The van der Waals surface area contributed by atoms with Crippen molar-refractivity contribution in [1.29, 1.82) is 0 Å². The molecule has 0 saturated heterocycles. The standard InChI is InChI=1S/C14H24N2O/c1-15-12-13-8-4-5-9-14(13)16(2)10-6-3-7-11-17/h4-5,8-9,15,17H,3,6-7,10-12H2,1-2H3. The quantitative estimate of drug-likeness (QED) is 0.678. The van der Waals surface area contributed by atoms with Crippen LogP contribution in [0.2, 0.25) is 0 Å².